The summed E-state index contributed by atoms with van der Waals surface area (Å²) in [5.41, 5.74) is 3.08. The first-order chi connectivity index (χ1) is 32.2. The van der Waals surface area contributed by atoms with E-state index in [0.717, 1.165) is 49.7 Å². The molecule has 0 aromatic heterocycles. The Labute approximate surface area is 385 Å². The zero-order valence-electron chi connectivity index (χ0n) is 37.9. The van der Waals surface area contributed by atoms with Gasteiger partial charge in [-0.1, -0.05) is 30.1 Å². The highest BCUT2D eigenvalue weighted by Gasteiger charge is 2.65. The molecule has 2 amide bonds. The van der Waals surface area contributed by atoms with Crippen molar-refractivity contribution in [3.05, 3.63) is 90.0 Å². The molecule has 8 rings (SSSR count). The topological polar surface area (TPSA) is 185 Å². The molecule has 66 heavy (non-hydrogen) atoms. The van der Waals surface area contributed by atoms with Crippen molar-refractivity contribution in [3.8, 4) is 34.5 Å². The number of hydrogen-bond acceptors (Lipinski definition) is 14. The van der Waals surface area contributed by atoms with Crippen molar-refractivity contribution < 1.29 is 62.5 Å². The summed E-state index contributed by atoms with van der Waals surface area (Å²) in [4.78, 5) is 36.3. The third-order valence-corrected chi connectivity index (χ3v) is 13.3. The van der Waals surface area contributed by atoms with Gasteiger partial charge in [-0.2, -0.15) is 0 Å². The van der Waals surface area contributed by atoms with Gasteiger partial charge in [-0.05, 0) is 104 Å². The average Bonchev–Trinajstić information content (AvgIpc) is 3.82. The molecule has 7 unspecified atom stereocenters. The summed E-state index contributed by atoms with van der Waals surface area (Å²) in [7, 11) is 4.79. The number of amides is 2. The first kappa shape index (κ1) is 46.7. The van der Waals surface area contributed by atoms with Crippen LogP contribution in [-0.2, 0) is 14.3 Å². The molecule has 354 valence electrons. The molecule has 0 radical (unpaired) electrons. The van der Waals surface area contributed by atoms with E-state index in [1.54, 1.807) is 73.7 Å². The molecule has 3 aliphatic heterocycles. The summed E-state index contributed by atoms with van der Waals surface area (Å²) < 4.78 is 48.3. The smallest absolute Gasteiger partial charge is 0.417 e. The lowest BCUT2D eigenvalue weighted by Gasteiger charge is -2.59. The van der Waals surface area contributed by atoms with Gasteiger partial charge in [0.2, 0.25) is 18.9 Å². The molecule has 7 atom stereocenters. The molecule has 3 N–H and O–H groups in total. The van der Waals surface area contributed by atoms with E-state index in [0.29, 0.717) is 71.6 Å². The number of aliphatic hydroxyl groups is 2. The van der Waals surface area contributed by atoms with Crippen LogP contribution >= 0.6 is 0 Å². The fourth-order valence-electron chi connectivity index (χ4n) is 10.2. The zero-order chi connectivity index (χ0) is 46.2. The van der Waals surface area contributed by atoms with E-state index in [-0.39, 0.29) is 62.4 Å². The van der Waals surface area contributed by atoms with E-state index in [2.05, 4.69) is 18.0 Å². The molecule has 1 saturated heterocycles. The highest BCUT2D eigenvalue weighted by molar-refractivity contribution is 6.03. The Bertz CT molecular complexity index is 2280. The maximum Gasteiger partial charge on any atom is 0.417 e. The summed E-state index contributed by atoms with van der Waals surface area (Å²) in [6.45, 7) is 4.85. The van der Waals surface area contributed by atoms with E-state index < -0.39 is 30.1 Å². The Morgan fingerprint density at radius 2 is 1.73 bits per heavy atom. The zero-order valence-corrected chi connectivity index (χ0v) is 37.9. The maximum atomic E-state index is 14.8. The van der Waals surface area contributed by atoms with Crippen molar-refractivity contribution in [2.45, 2.75) is 88.2 Å². The summed E-state index contributed by atoms with van der Waals surface area (Å²) in [6.07, 6.45) is 9.69. The number of carbonyl (C=O) groups is 2. The minimum Gasteiger partial charge on any atom is -0.497 e. The van der Waals surface area contributed by atoms with Crippen LogP contribution in [0.1, 0.15) is 86.0 Å². The second-order valence-electron chi connectivity index (χ2n) is 17.2. The number of nitrogens with zero attached hydrogens (tertiary/aromatic N) is 2. The van der Waals surface area contributed by atoms with Crippen LogP contribution in [0.2, 0.25) is 0 Å². The molecule has 5 aliphatic rings. The Kier molecular flexibility index (Phi) is 15.0. The SMILES string of the molecule is C=CCOC12Oc3ccc(OC(=O)Nc4ccc(OC)cc4OC)cc3C3C(CCCCO)C(CCCCO)C=C(C(=NOC4CCCCO4)CC1N(C)C(=O)c1ccc4c(c1)OCO4)C32. The van der Waals surface area contributed by atoms with Gasteiger partial charge >= 0.3 is 6.09 Å². The van der Waals surface area contributed by atoms with Crippen LogP contribution in [0.5, 0.6) is 34.5 Å². The Morgan fingerprint density at radius 1 is 0.939 bits per heavy atom. The normalized spacial score (nSPS) is 25.3. The molecule has 1 saturated carbocycles. The molecular weight excluding hydrogens is 851 g/mol. The number of likely N-dealkylation sites (N-methyl/N-ethyl adjacent to an activating group) is 1. The fourth-order valence-corrected chi connectivity index (χ4v) is 10.2. The number of unbranched alkanes of at least 4 members (excludes halogenated alkanes) is 2. The molecule has 16 nitrogen and oxygen atoms in total. The monoisotopic (exact) mass is 911 g/mol. The molecule has 3 aromatic carbocycles. The molecule has 0 bridgehead atoms. The molecule has 3 aromatic rings. The number of benzene rings is 3. The number of carbonyl (C=O) groups excluding carboxylic acids is 2. The maximum absolute atomic E-state index is 14.8. The first-order valence-corrected chi connectivity index (χ1v) is 22.9. The Hall–Kier alpha value is -5.81. The predicted molar refractivity (Wildman–Crippen MR) is 243 cm³/mol. The number of hydrogen-bond donors (Lipinski definition) is 3. The lowest BCUT2D eigenvalue weighted by molar-refractivity contribution is -0.252. The van der Waals surface area contributed by atoms with Crippen LogP contribution in [0.4, 0.5) is 10.5 Å². The van der Waals surface area contributed by atoms with Crippen molar-refractivity contribution in [3.63, 3.8) is 0 Å². The number of methoxy groups -OCH3 is 2. The standard InChI is InChI=1S/C50H61N3O13/c1-5-23-63-50-44(53(2)48(56)32-15-19-41-43(26-32)62-30-61-41)29-39(52-66-45-14-8-11-24-60-45)36-25-31(12-6-9-21-54)35(13-7-10-22-55)46(47(36)50)37-27-34(17-20-40(37)65-50)64-49(57)51-38-18-16-33(58-3)28-42(38)59-4/h5,15-20,25-28,31,35,44-47,54-55H,1,6-14,21-24,29-30H2,2-4H3,(H,51,57). The largest absolute Gasteiger partial charge is 0.497 e. The average molecular weight is 912 g/mol. The number of allylic oxidation sites excluding steroid dienone is 1. The number of nitrogens with one attached hydrogen (secondary N) is 1. The predicted octanol–water partition coefficient (Wildman–Crippen LogP) is 7.98. The Balaban J connectivity index is 1.26. The molecule has 2 fully saturated rings. The van der Waals surface area contributed by atoms with Crippen LogP contribution in [-0.4, -0.2) is 105 Å². The minimum atomic E-state index is -1.49. The molecule has 16 heteroatoms. The second kappa shape index (κ2) is 21.2. The van der Waals surface area contributed by atoms with Gasteiger partial charge in [0.1, 0.15) is 29.0 Å². The van der Waals surface area contributed by atoms with E-state index in [1.165, 1.54) is 7.11 Å². The summed E-state index contributed by atoms with van der Waals surface area (Å²) in [5, 5.41) is 27.6. The number of aliphatic hydroxyl groups excluding tert-OH is 2. The van der Waals surface area contributed by atoms with Gasteiger partial charge in [0, 0.05) is 56.2 Å². The minimum absolute atomic E-state index is 0.00867. The molecular formula is C50H61N3O13. The first-order valence-electron chi connectivity index (χ1n) is 22.9. The molecule has 3 heterocycles. The highest BCUT2D eigenvalue weighted by Crippen LogP contribution is 2.62. The fraction of sp³-hybridized carbons (Fsp3) is 0.500. The van der Waals surface area contributed by atoms with Crippen molar-refractivity contribution >= 4 is 23.4 Å². The lowest BCUT2D eigenvalue weighted by Crippen LogP contribution is -2.69. The van der Waals surface area contributed by atoms with E-state index >= 15 is 0 Å². The number of fused-ring (bicyclic) bond motifs is 3. The van der Waals surface area contributed by atoms with Gasteiger partial charge in [-0.25, -0.2) is 4.79 Å². The Morgan fingerprint density at radius 3 is 2.48 bits per heavy atom. The van der Waals surface area contributed by atoms with Crippen molar-refractivity contribution in [1.29, 1.82) is 0 Å². The van der Waals surface area contributed by atoms with Crippen LogP contribution in [0.3, 0.4) is 0 Å². The van der Waals surface area contributed by atoms with E-state index in [1.807, 2.05) is 6.07 Å². The van der Waals surface area contributed by atoms with Gasteiger partial charge in [0.25, 0.3) is 5.91 Å². The number of oxime groups is 1. The summed E-state index contributed by atoms with van der Waals surface area (Å²) in [6, 6.07) is 14.7. The van der Waals surface area contributed by atoms with Crippen molar-refractivity contribution in [1.82, 2.24) is 4.90 Å². The van der Waals surface area contributed by atoms with E-state index in [4.69, 9.17) is 47.9 Å². The van der Waals surface area contributed by atoms with Gasteiger partial charge in [-0.15, -0.1) is 6.58 Å². The quantitative estimate of drug-likeness (QED) is 0.0598. The van der Waals surface area contributed by atoms with Crippen LogP contribution in [0.15, 0.2) is 84.1 Å². The van der Waals surface area contributed by atoms with Crippen LogP contribution in [0.25, 0.3) is 0 Å². The van der Waals surface area contributed by atoms with Crippen LogP contribution in [0, 0.1) is 17.8 Å². The van der Waals surface area contributed by atoms with Crippen molar-refractivity contribution in [2.24, 2.45) is 22.9 Å². The molecule has 2 aliphatic carbocycles. The summed E-state index contributed by atoms with van der Waals surface area (Å²) >= 11 is 0. The summed E-state index contributed by atoms with van der Waals surface area (Å²) in [5.74, 6) is 0.00246. The third kappa shape index (κ3) is 9.68. The van der Waals surface area contributed by atoms with Crippen LogP contribution < -0.4 is 33.7 Å². The third-order valence-electron chi connectivity index (χ3n) is 13.3. The highest BCUT2D eigenvalue weighted by atomic mass is 16.8. The molecule has 0 spiro atoms. The second-order valence-corrected chi connectivity index (χ2v) is 17.2. The van der Waals surface area contributed by atoms with Gasteiger partial charge in [0.05, 0.1) is 44.8 Å². The van der Waals surface area contributed by atoms with Gasteiger partial charge in [-0.3, -0.25) is 10.1 Å². The van der Waals surface area contributed by atoms with Gasteiger partial charge < -0.3 is 57.8 Å². The lowest BCUT2D eigenvalue weighted by atomic mass is 9.55. The van der Waals surface area contributed by atoms with Crippen molar-refractivity contribution in [2.75, 3.05) is 59.8 Å². The number of rotatable bonds is 19. The van der Waals surface area contributed by atoms with E-state index in [9.17, 15) is 19.8 Å². The number of anilines is 1. The number of ether oxygens (including phenoxy) is 8. The van der Waals surface area contributed by atoms with Gasteiger partial charge in [0.15, 0.2) is 11.5 Å².